The maximum absolute atomic E-state index is 12.6. The first-order chi connectivity index (χ1) is 12.0. The first kappa shape index (κ1) is 16.4. The Morgan fingerprint density at radius 1 is 0.960 bits per heavy atom. The highest BCUT2D eigenvalue weighted by Crippen LogP contribution is 2.24. The molecule has 2 aromatic carbocycles. The number of rotatable bonds is 4. The number of nitrogens with zero attached hydrogens (tertiary/aromatic N) is 1. The first-order valence-corrected chi connectivity index (χ1v) is 7.71. The lowest BCUT2D eigenvalue weighted by Crippen LogP contribution is -2.14. The highest BCUT2D eigenvalue weighted by Gasteiger charge is 2.13. The van der Waals surface area contributed by atoms with Crippen LogP contribution in [0.5, 0.6) is 0 Å². The zero-order valence-corrected chi connectivity index (χ0v) is 13.6. The van der Waals surface area contributed by atoms with Crippen molar-refractivity contribution in [3.63, 3.8) is 0 Å². The molecule has 5 nitrogen and oxygen atoms in total. The van der Waals surface area contributed by atoms with E-state index in [0.29, 0.717) is 11.4 Å². The molecule has 3 rings (SSSR count). The molecular formula is C20H16N2O3. The van der Waals surface area contributed by atoms with E-state index in [2.05, 4.69) is 10.3 Å². The third kappa shape index (κ3) is 3.72. The number of carbonyl (C=O) groups excluding carboxylic acids is 1. The summed E-state index contributed by atoms with van der Waals surface area (Å²) in [5.74, 6) is -1.06. The molecule has 0 aliphatic heterocycles. The van der Waals surface area contributed by atoms with Crippen molar-refractivity contribution in [3.05, 3.63) is 83.6 Å². The lowest BCUT2D eigenvalue weighted by atomic mass is 9.98. The van der Waals surface area contributed by atoms with Crippen LogP contribution in [-0.4, -0.2) is 22.0 Å². The number of carbonyl (C=O) groups is 2. The monoisotopic (exact) mass is 332 g/mol. The van der Waals surface area contributed by atoms with Gasteiger partial charge in [0.2, 0.25) is 0 Å². The van der Waals surface area contributed by atoms with Crippen LogP contribution < -0.4 is 5.32 Å². The predicted molar refractivity (Wildman–Crippen MR) is 95.8 cm³/mol. The summed E-state index contributed by atoms with van der Waals surface area (Å²) in [6.45, 7) is 2.01. The van der Waals surface area contributed by atoms with Crippen LogP contribution in [0.1, 0.15) is 26.3 Å². The summed E-state index contributed by atoms with van der Waals surface area (Å²) in [5, 5.41) is 11.6. The molecule has 0 aliphatic carbocycles. The molecule has 1 amide bonds. The van der Waals surface area contributed by atoms with E-state index in [9.17, 15) is 9.59 Å². The smallest absolute Gasteiger partial charge is 0.337 e. The number of hydrogen-bond donors (Lipinski definition) is 2. The molecule has 0 spiro atoms. The van der Waals surface area contributed by atoms with Gasteiger partial charge in [-0.05, 0) is 36.2 Å². The molecule has 3 aromatic rings. The Morgan fingerprint density at radius 2 is 1.68 bits per heavy atom. The summed E-state index contributed by atoms with van der Waals surface area (Å²) < 4.78 is 0. The third-order valence-electron chi connectivity index (χ3n) is 3.79. The van der Waals surface area contributed by atoms with Crippen LogP contribution in [0.4, 0.5) is 5.82 Å². The highest BCUT2D eigenvalue weighted by atomic mass is 16.4. The topological polar surface area (TPSA) is 79.3 Å². The molecule has 124 valence electrons. The van der Waals surface area contributed by atoms with Gasteiger partial charge in [-0.25, -0.2) is 9.78 Å². The molecule has 0 saturated carbocycles. The fraction of sp³-hybridized carbons (Fsp3) is 0.0500. The number of pyridine rings is 1. The quantitative estimate of drug-likeness (QED) is 0.756. The lowest BCUT2D eigenvalue weighted by Gasteiger charge is -2.10. The number of carboxylic acid groups (broad SMARTS) is 1. The van der Waals surface area contributed by atoms with Gasteiger partial charge in [-0.1, -0.05) is 48.0 Å². The molecule has 1 heterocycles. The van der Waals surface area contributed by atoms with Gasteiger partial charge in [-0.15, -0.1) is 0 Å². The maximum atomic E-state index is 12.6. The highest BCUT2D eigenvalue weighted by molar-refractivity contribution is 6.08. The van der Waals surface area contributed by atoms with E-state index in [1.807, 2.05) is 43.3 Å². The number of nitrogens with one attached hydrogen (secondary N) is 1. The number of hydrogen-bond acceptors (Lipinski definition) is 3. The number of anilines is 1. The van der Waals surface area contributed by atoms with Gasteiger partial charge in [0.15, 0.2) is 0 Å². The molecule has 25 heavy (non-hydrogen) atoms. The Morgan fingerprint density at radius 3 is 2.32 bits per heavy atom. The van der Waals surface area contributed by atoms with E-state index >= 15 is 0 Å². The largest absolute Gasteiger partial charge is 0.478 e. The van der Waals surface area contributed by atoms with Gasteiger partial charge in [0.05, 0.1) is 5.56 Å². The van der Waals surface area contributed by atoms with Crippen LogP contribution >= 0.6 is 0 Å². The third-order valence-corrected chi connectivity index (χ3v) is 3.79. The van der Waals surface area contributed by atoms with Crippen LogP contribution in [0.25, 0.3) is 11.1 Å². The van der Waals surface area contributed by atoms with Gasteiger partial charge < -0.3 is 10.4 Å². The van der Waals surface area contributed by atoms with Crippen molar-refractivity contribution >= 4 is 17.7 Å². The summed E-state index contributed by atoms with van der Waals surface area (Å²) in [6, 6.07) is 18.1. The summed E-state index contributed by atoms with van der Waals surface area (Å²) in [5.41, 5.74) is 3.51. The number of aromatic nitrogens is 1. The molecule has 5 heteroatoms. The number of aryl methyl sites for hydroxylation is 1. The second kappa shape index (κ2) is 6.97. The van der Waals surface area contributed by atoms with Crippen LogP contribution in [-0.2, 0) is 0 Å². The molecule has 0 unspecified atom stereocenters. The average molecular weight is 332 g/mol. The van der Waals surface area contributed by atoms with Crippen LogP contribution in [0, 0.1) is 6.92 Å². The summed E-state index contributed by atoms with van der Waals surface area (Å²) in [7, 11) is 0. The Labute approximate surface area is 145 Å². The molecule has 0 bridgehead atoms. The molecule has 2 N–H and O–H groups in total. The van der Waals surface area contributed by atoms with Crippen molar-refractivity contribution in [2.75, 3.05) is 5.32 Å². The average Bonchev–Trinajstić information content (AvgIpc) is 2.63. The van der Waals surface area contributed by atoms with Gasteiger partial charge in [0.25, 0.3) is 5.91 Å². The second-order valence-electron chi connectivity index (χ2n) is 5.60. The first-order valence-electron chi connectivity index (χ1n) is 7.71. The van der Waals surface area contributed by atoms with Crippen molar-refractivity contribution in [1.29, 1.82) is 0 Å². The van der Waals surface area contributed by atoms with Crippen molar-refractivity contribution in [1.82, 2.24) is 4.98 Å². The van der Waals surface area contributed by atoms with E-state index in [1.54, 1.807) is 12.1 Å². The van der Waals surface area contributed by atoms with Crippen molar-refractivity contribution in [2.45, 2.75) is 6.92 Å². The van der Waals surface area contributed by atoms with Crippen molar-refractivity contribution in [3.8, 4) is 11.1 Å². The predicted octanol–water partition coefficient (Wildman–Crippen LogP) is 4.01. The van der Waals surface area contributed by atoms with Gasteiger partial charge in [-0.2, -0.15) is 0 Å². The lowest BCUT2D eigenvalue weighted by molar-refractivity contribution is 0.0696. The van der Waals surface area contributed by atoms with E-state index in [1.165, 1.54) is 18.3 Å². The Kier molecular flexibility index (Phi) is 4.57. The summed E-state index contributed by atoms with van der Waals surface area (Å²) >= 11 is 0. The number of aromatic carboxylic acids is 1. The number of benzene rings is 2. The standard InChI is InChI=1S/C20H16N2O3/c1-13-6-8-14(9-7-13)16-4-2-3-5-17(16)19(23)22-18-11-10-15(12-21-18)20(24)25/h2-12H,1H3,(H,24,25)(H,21,22,23). The zero-order valence-electron chi connectivity index (χ0n) is 13.6. The van der Waals surface area contributed by atoms with Gasteiger partial charge >= 0.3 is 5.97 Å². The van der Waals surface area contributed by atoms with Crippen LogP contribution in [0.3, 0.4) is 0 Å². The number of carboxylic acids is 1. The van der Waals surface area contributed by atoms with Crippen LogP contribution in [0.15, 0.2) is 66.9 Å². The van der Waals surface area contributed by atoms with Gasteiger partial charge in [-0.3, -0.25) is 4.79 Å². The zero-order chi connectivity index (χ0) is 17.8. The SMILES string of the molecule is Cc1ccc(-c2ccccc2C(=O)Nc2ccc(C(=O)O)cn2)cc1. The van der Waals surface area contributed by atoms with Gasteiger partial charge in [0, 0.05) is 11.8 Å². The van der Waals surface area contributed by atoms with E-state index in [0.717, 1.165) is 16.7 Å². The van der Waals surface area contributed by atoms with Crippen LogP contribution in [0.2, 0.25) is 0 Å². The Balaban J connectivity index is 1.87. The maximum Gasteiger partial charge on any atom is 0.337 e. The minimum atomic E-state index is -1.06. The van der Waals surface area contributed by atoms with Crippen molar-refractivity contribution < 1.29 is 14.7 Å². The molecule has 0 atom stereocenters. The molecule has 1 aromatic heterocycles. The normalized spacial score (nSPS) is 10.3. The van der Waals surface area contributed by atoms with E-state index < -0.39 is 5.97 Å². The Bertz CT molecular complexity index is 916. The van der Waals surface area contributed by atoms with Crippen molar-refractivity contribution in [2.24, 2.45) is 0 Å². The fourth-order valence-electron chi connectivity index (χ4n) is 2.44. The minimum Gasteiger partial charge on any atom is -0.478 e. The molecule has 0 radical (unpaired) electrons. The molecule has 0 fully saturated rings. The molecule has 0 aliphatic rings. The second-order valence-corrected chi connectivity index (χ2v) is 5.60. The van der Waals surface area contributed by atoms with Gasteiger partial charge in [0.1, 0.15) is 5.82 Å². The molecule has 0 saturated heterocycles. The summed E-state index contributed by atoms with van der Waals surface area (Å²) in [4.78, 5) is 27.4. The minimum absolute atomic E-state index is 0.0676. The summed E-state index contributed by atoms with van der Waals surface area (Å²) in [6.07, 6.45) is 1.21. The number of amides is 1. The van der Waals surface area contributed by atoms with E-state index in [4.69, 9.17) is 5.11 Å². The van der Waals surface area contributed by atoms with E-state index in [-0.39, 0.29) is 11.5 Å². The molecular weight excluding hydrogens is 316 g/mol. The Hall–Kier alpha value is -3.47. The fourth-order valence-corrected chi connectivity index (χ4v) is 2.44.